The van der Waals surface area contributed by atoms with Gasteiger partial charge in [-0.1, -0.05) is 0 Å². The Morgan fingerprint density at radius 1 is 1.15 bits per heavy atom. The van der Waals surface area contributed by atoms with Crippen molar-refractivity contribution in [3.05, 3.63) is 54.4 Å². The molecule has 4 N–H and O–H groups in total. The molecular weight excluding hydrogens is 445 g/mol. The molecule has 4 atom stereocenters. The first-order chi connectivity index (χ1) is 15.7. The largest absolute Gasteiger partial charge is 0.434 e. The fourth-order valence-electron chi connectivity index (χ4n) is 3.37. The highest BCUT2D eigenvalue weighted by Crippen LogP contribution is 2.28. The van der Waals surface area contributed by atoms with Gasteiger partial charge in [0.15, 0.2) is 5.69 Å². The minimum absolute atomic E-state index is 0.101. The molecule has 1 aliphatic heterocycles. The molecule has 3 aromatic rings. The highest BCUT2D eigenvalue weighted by atomic mass is 19.4. The number of carbonyl (C=O) groups is 1. The average Bonchev–Trinajstić information content (AvgIpc) is 2.80. The summed E-state index contributed by atoms with van der Waals surface area (Å²) in [6.45, 7) is -0.250. The number of benzene rings is 1. The van der Waals surface area contributed by atoms with E-state index in [1.807, 2.05) is 0 Å². The van der Waals surface area contributed by atoms with Gasteiger partial charge in [0.2, 0.25) is 0 Å². The van der Waals surface area contributed by atoms with Gasteiger partial charge in [-0.25, -0.2) is 15.0 Å². The smallest absolute Gasteiger partial charge is 0.388 e. The van der Waals surface area contributed by atoms with Gasteiger partial charge in [-0.15, -0.1) is 0 Å². The van der Waals surface area contributed by atoms with E-state index in [0.29, 0.717) is 22.7 Å². The molecule has 0 bridgehead atoms. The highest BCUT2D eigenvalue weighted by molar-refractivity contribution is 5.97. The Bertz CT molecular complexity index is 1150. The minimum atomic E-state index is -4.67. The van der Waals surface area contributed by atoms with E-state index in [1.165, 1.54) is 6.33 Å². The zero-order valence-electron chi connectivity index (χ0n) is 16.9. The summed E-state index contributed by atoms with van der Waals surface area (Å²) < 4.78 is 43.9. The molecule has 33 heavy (non-hydrogen) atoms. The van der Waals surface area contributed by atoms with Crippen LogP contribution in [-0.2, 0) is 10.9 Å². The number of nitrogens with one attached hydrogen (secondary N) is 2. The zero-order chi connectivity index (χ0) is 23.6. The Morgan fingerprint density at radius 2 is 1.97 bits per heavy atom. The predicted molar refractivity (Wildman–Crippen MR) is 108 cm³/mol. The van der Waals surface area contributed by atoms with E-state index in [2.05, 4.69) is 30.6 Å². The van der Waals surface area contributed by atoms with Crippen molar-refractivity contribution in [2.75, 3.05) is 18.5 Å². The Hall–Kier alpha value is -3.42. The van der Waals surface area contributed by atoms with Gasteiger partial charge in [-0.05, 0) is 18.2 Å². The molecule has 1 amide bonds. The van der Waals surface area contributed by atoms with Crippen molar-refractivity contribution in [1.29, 1.82) is 0 Å². The van der Waals surface area contributed by atoms with Gasteiger partial charge < -0.3 is 25.6 Å². The second-order valence-corrected chi connectivity index (χ2v) is 7.40. The van der Waals surface area contributed by atoms with Crippen molar-refractivity contribution in [3.8, 4) is 0 Å². The van der Waals surface area contributed by atoms with Crippen LogP contribution in [-0.4, -0.2) is 73.6 Å². The van der Waals surface area contributed by atoms with Crippen LogP contribution in [0.2, 0.25) is 0 Å². The van der Waals surface area contributed by atoms with Gasteiger partial charge in [0, 0.05) is 23.7 Å². The molecule has 10 nitrogen and oxygen atoms in total. The summed E-state index contributed by atoms with van der Waals surface area (Å²) in [6.07, 6.45) is -3.80. The van der Waals surface area contributed by atoms with Crippen LogP contribution in [0.3, 0.4) is 0 Å². The normalized spacial score (nSPS) is 23.3. The summed E-state index contributed by atoms with van der Waals surface area (Å²) >= 11 is 0. The molecule has 1 aromatic carbocycles. The molecule has 1 fully saturated rings. The lowest BCUT2D eigenvalue weighted by atomic mass is 9.98. The second kappa shape index (κ2) is 9.21. The van der Waals surface area contributed by atoms with Gasteiger partial charge >= 0.3 is 6.18 Å². The zero-order valence-corrected chi connectivity index (χ0v) is 16.9. The van der Waals surface area contributed by atoms with Crippen molar-refractivity contribution in [3.63, 3.8) is 0 Å². The number of hydrogen-bond acceptors (Lipinski definition) is 9. The fourth-order valence-corrected chi connectivity index (χ4v) is 3.37. The minimum Gasteiger partial charge on any atom is -0.388 e. The number of hydrogen-bond donors (Lipinski definition) is 4. The van der Waals surface area contributed by atoms with Gasteiger partial charge in [0.1, 0.15) is 30.5 Å². The number of anilines is 1. The third-order valence-corrected chi connectivity index (χ3v) is 5.12. The Balaban J connectivity index is 1.34. The van der Waals surface area contributed by atoms with Crippen molar-refractivity contribution < 1.29 is 32.9 Å². The number of halogens is 3. The summed E-state index contributed by atoms with van der Waals surface area (Å²) in [4.78, 5) is 27.4. The van der Waals surface area contributed by atoms with Crippen LogP contribution in [0.1, 0.15) is 16.1 Å². The SMILES string of the molecule is O=C(NC[C@H]1OC[C@H](Nc2cncc(C(F)(F)F)n2)[C@@H](O)[C@H]1O)c1ccc2ncncc2c1. The van der Waals surface area contributed by atoms with Gasteiger partial charge in [-0.3, -0.25) is 9.78 Å². The molecule has 0 radical (unpaired) electrons. The standard InChI is InChI=1S/C20H19F3N6O4/c21-20(22,23)15-6-24-7-16(29-15)28-13-8-33-14(18(31)17(13)30)5-26-19(32)10-1-2-12-11(3-10)4-25-9-27-12/h1-4,6-7,9,13-14,17-18,30-31H,5,8H2,(H,26,32)(H,28,29)/t13-,14+,17+,18-/m0/s1. The first-order valence-electron chi connectivity index (χ1n) is 9.84. The molecule has 3 heterocycles. The molecule has 13 heteroatoms. The number of nitrogens with zero attached hydrogens (tertiary/aromatic N) is 4. The molecule has 1 aliphatic rings. The maximum absolute atomic E-state index is 12.8. The van der Waals surface area contributed by atoms with E-state index in [-0.39, 0.29) is 19.0 Å². The van der Waals surface area contributed by atoms with E-state index in [4.69, 9.17) is 4.74 Å². The number of carbonyl (C=O) groups excluding carboxylic acids is 1. The van der Waals surface area contributed by atoms with Crippen LogP contribution in [0.15, 0.2) is 43.1 Å². The maximum atomic E-state index is 12.8. The van der Waals surface area contributed by atoms with Gasteiger partial charge in [0.25, 0.3) is 5.91 Å². The Kier molecular flexibility index (Phi) is 6.35. The number of alkyl halides is 3. The van der Waals surface area contributed by atoms with Crippen LogP contribution in [0.25, 0.3) is 10.9 Å². The molecule has 1 saturated heterocycles. The van der Waals surface area contributed by atoms with Gasteiger partial charge in [0.05, 0.1) is 30.6 Å². The monoisotopic (exact) mass is 464 g/mol. The van der Waals surface area contributed by atoms with E-state index in [1.54, 1.807) is 24.4 Å². The van der Waals surface area contributed by atoms with E-state index in [9.17, 15) is 28.2 Å². The molecule has 0 aliphatic carbocycles. The average molecular weight is 464 g/mol. The molecule has 0 unspecified atom stereocenters. The number of fused-ring (bicyclic) bond motifs is 1. The van der Waals surface area contributed by atoms with E-state index < -0.39 is 42.1 Å². The van der Waals surface area contributed by atoms with Crippen molar-refractivity contribution in [2.45, 2.75) is 30.5 Å². The number of ether oxygens (including phenoxy) is 1. The van der Waals surface area contributed by atoms with E-state index >= 15 is 0 Å². The van der Waals surface area contributed by atoms with Crippen LogP contribution in [0.4, 0.5) is 19.0 Å². The molecule has 0 spiro atoms. The quantitative estimate of drug-likeness (QED) is 0.431. The van der Waals surface area contributed by atoms with Crippen molar-refractivity contribution in [2.24, 2.45) is 0 Å². The highest BCUT2D eigenvalue weighted by Gasteiger charge is 2.39. The van der Waals surface area contributed by atoms with Crippen molar-refractivity contribution >= 4 is 22.6 Å². The summed E-state index contributed by atoms with van der Waals surface area (Å²) in [5.41, 5.74) is -0.161. The summed E-state index contributed by atoms with van der Waals surface area (Å²) in [5.74, 6) is -0.651. The molecule has 174 valence electrons. The van der Waals surface area contributed by atoms with E-state index in [0.717, 1.165) is 6.20 Å². The summed E-state index contributed by atoms with van der Waals surface area (Å²) in [5, 5.41) is 26.7. The lowest BCUT2D eigenvalue weighted by Crippen LogP contribution is -2.58. The number of aliphatic hydroxyl groups is 2. The summed E-state index contributed by atoms with van der Waals surface area (Å²) in [7, 11) is 0. The number of amides is 1. The number of aliphatic hydroxyl groups excluding tert-OH is 2. The van der Waals surface area contributed by atoms with Crippen LogP contribution in [0, 0.1) is 0 Å². The third kappa shape index (κ3) is 5.16. The number of aromatic nitrogens is 4. The third-order valence-electron chi connectivity index (χ3n) is 5.12. The fraction of sp³-hybridized carbons (Fsp3) is 0.350. The predicted octanol–water partition coefficient (Wildman–Crippen LogP) is 0.770. The Labute approximate surface area is 184 Å². The first kappa shape index (κ1) is 22.8. The maximum Gasteiger partial charge on any atom is 0.434 e. The molecular formula is C20H19F3N6O4. The number of rotatable bonds is 5. The van der Waals surface area contributed by atoms with Crippen LogP contribution in [0.5, 0.6) is 0 Å². The lowest BCUT2D eigenvalue weighted by Gasteiger charge is -2.38. The van der Waals surface area contributed by atoms with Crippen LogP contribution >= 0.6 is 0 Å². The molecule has 0 saturated carbocycles. The molecule has 4 rings (SSSR count). The van der Waals surface area contributed by atoms with Crippen LogP contribution < -0.4 is 10.6 Å². The Morgan fingerprint density at radius 3 is 2.76 bits per heavy atom. The lowest BCUT2D eigenvalue weighted by molar-refractivity contribution is -0.141. The van der Waals surface area contributed by atoms with Gasteiger partial charge in [-0.2, -0.15) is 13.2 Å². The topological polar surface area (TPSA) is 142 Å². The summed E-state index contributed by atoms with van der Waals surface area (Å²) in [6, 6.07) is 3.95. The molecule has 2 aromatic heterocycles. The first-order valence-corrected chi connectivity index (χ1v) is 9.84. The second-order valence-electron chi connectivity index (χ2n) is 7.40. The van der Waals surface area contributed by atoms with Crippen molar-refractivity contribution in [1.82, 2.24) is 25.3 Å².